The Morgan fingerprint density at radius 2 is 2.24 bits per heavy atom. The monoisotopic (exact) mass is 231 g/mol. The van der Waals surface area contributed by atoms with Crippen molar-refractivity contribution >= 4 is 5.78 Å². The van der Waals surface area contributed by atoms with Crippen LogP contribution >= 0.6 is 0 Å². The van der Waals surface area contributed by atoms with Crippen molar-refractivity contribution < 1.29 is 4.79 Å². The van der Waals surface area contributed by atoms with E-state index in [1.54, 1.807) is 6.20 Å². The van der Waals surface area contributed by atoms with Crippen molar-refractivity contribution in [1.82, 2.24) is 14.1 Å². The van der Waals surface area contributed by atoms with Crippen molar-refractivity contribution in [3.05, 3.63) is 42.2 Å². The average Bonchev–Trinajstić information content (AvgIpc) is 2.94. The molecule has 0 atom stereocenters. The third kappa shape index (κ3) is 2.64. The fraction of sp³-hybridized carbons (Fsp3) is 0.385. The van der Waals surface area contributed by atoms with Crippen molar-refractivity contribution in [1.29, 1.82) is 0 Å². The van der Waals surface area contributed by atoms with Gasteiger partial charge in [-0.25, -0.2) is 4.98 Å². The van der Waals surface area contributed by atoms with Gasteiger partial charge in [-0.2, -0.15) is 0 Å². The summed E-state index contributed by atoms with van der Waals surface area (Å²) in [6.07, 6.45) is 9.04. The Bertz CT molecular complexity index is 510. The van der Waals surface area contributed by atoms with E-state index in [1.807, 2.05) is 47.8 Å². The number of imidazole rings is 1. The molecule has 2 heterocycles. The van der Waals surface area contributed by atoms with Gasteiger partial charge in [0.05, 0.1) is 0 Å². The van der Waals surface area contributed by atoms with Crippen LogP contribution in [0.3, 0.4) is 0 Å². The second kappa shape index (κ2) is 4.99. The summed E-state index contributed by atoms with van der Waals surface area (Å²) in [5.74, 6) is 1.25. The van der Waals surface area contributed by atoms with Crippen molar-refractivity contribution in [2.75, 3.05) is 0 Å². The van der Waals surface area contributed by atoms with E-state index < -0.39 is 0 Å². The summed E-state index contributed by atoms with van der Waals surface area (Å²) in [6, 6.07) is 1.88. The highest BCUT2D eigenvalue weighted by Gasteiger charge is 2.05. The Labute approximate surface area is 101 Å². The zero-order valence-electron chi connectivity index (χ0n) is 10.3. The van der Waals surface area contributed by atoms with Crippen molar-refractivity contribution in [3.8, 4) is 0 Å². The summed E-state index contributed by atoms with van der Waals surface area (Å²) < 4.78 is 4.05. The molecule has 0 aromatic carbocycles. The molecule has 0 spiro atoms. The Balaban J connectivity index is 1.98. The molecule has 17 heavy (non-hydrogen) atoms. The van der Waals surface area contributed by atoms with Gasteiger partial charge in [0, 0.05) is 56.8 Å². The number of carbonyl (C=O) groups excluding carboxylic acids is 1. The fourth-order valence-electron chi connectivity index (χ4n) is 1.82. The average molecular weight is 231 g/mol. The molecule has 2 rings (SSSR count). The molecule has 0 aliphatic rings. The minimum absolute atomic E-state index is 0.195. The van der Waals surface area contributed by atoms with Crippen molar-refractivity contribution in [2.24, 2.45) is 7.05 Å². The normalized spacial score (nSPS) is 10.7. The molecular formula is C13H17N3O. The Morgan fingerprint density at radius 3 is 2.88 bits per heavy atom. The smallest absolute Gasteiger partial charge is 0.164 e. The first-order valence-corrected chi connectivity index (χ1v) is 5.86. The zero-order chi connectivity index (χ0) is 12.3. The van der Waals surface area contributed by atoms with E-state index in [-0.39, 0.29) is 5.78 Å². The number of rotatable bonds is 5. The largest absolute Gasteiger partial charge is 0.353 e. The van der Waals surface area contributed by atoms with E-state index in [0.29, 0.717) is 6.42 Å². The van der Waals surface area contributed by atoms with Gasteiger partial charge in [0.15, 0.2) is 5.78 Å². The summed E-state index contributed by atoms with van der Waals surface area (Å²) in [6.45, 7) is 2.73. The molecule has 0 fully saturated rings. The van der Waals surface area contributed by atoms with Crippen LogP contribution in [0.2, 0.25) is 0 Å². The number of aryl methyl sites for hydroxylation is 3. The molecule has 0 N–H and O–H groups in total. The minimum Gasteiger partial charge on any atom is -0.353 e. The lowest BCUT2D eigenvalue weighted by atomic mass is 10.2. The molecule has 0 bridgehead atoms. The number of hydrogen-bond donors (Lipinski definition) is 0. The van der Waals surface area contributed by atoms with Gasteiger partial charge < -0.3 is 9.13 Å². The molecule has 0 amide bonds. The van der Waals surface area contributed by atoms with Gasteiger partial charge in [-0.3, -0.25) is 4.79 Å². The second-order valence-electron chi connectivity index (χ2n) is 4.12. The molecule has 0 radical (unpaired) electrons. The van der Waals surface area contributed by atoms with Crippen LogP contribution in [-0.2, 0) is 20.0 Å². The maximum absolute atomic E-state index is 11.5. The lowest BCUT2D eigenvalue weighted by Crippen LogP contribution is -2.04. The van der Waals surface area contributed by atoms with Crippen LogP contribution in [0.25, 0.3) is 0 Å². The highest BCUT2D eigenvalue weighted by Crippen LogP contribution is 2.06. The van der Waals surface area contributed by atoms with Crippen LogP contribution in [0, 0.1) is 0 Å². The van der Waals surface area contributed by atoms with E-state index in [2.05, 4.69) is 4.98 Å². The molecule has 2 aromatic heterocycles. The van der Waals surface area contributed by atoms with Gasteiger partial charge in [-0.1, -0.05) is 6.92 Å². The van der Waals surface area contributed by atoms with Crippen LogP contribution in [0.1, 0.15) is 29.5 Å². The molecule has 0 saturated carbocycles. The van der Waals surface area contributed by atoms with Gasteiger partial charge in [-0.15, -0.1) is 0 Å². The number of carbonyl (C=O) groups is 1. The quantitative estimate of drug-likeness (QED) is 0.739. The maximum Gasteiger partial charge on any atom is 0.164 e. The third-order valence-electron chi connectivity index (χ3n) is 2.91. The predicted octanol–water partition coefficient (Wildman–Crippen LogP) is 2.06. The van der Waals surface area contributed by atoms with E-state index in [9.17, 15) is 4.79 Å². The summed E-state index contributed by atoms with van der Waals surface area (Å²) in [4.78, 5) is 15.8. The Morgan fingerprint density at radius 1 is 1.41 bits per heavy atom. The van der Waals surface area contributed by atoms with Crippen molar-refractivity contribution in [2.45, 2.75) is 26.3 Å². The molecule has 0 saturated heterocycles. The number of Topliss-reactive ketones (excluding diaryl/α,β-unsaturated/α-hetero) is 1. The van der Waals surface area contributed by atoms with Crippen LogP contribution < -0.4 is 0 Å². The number of hydrogen-bond acceptors (Lipinski definition) is 2. The second-order valence-corrected chi connectivity index (χ2v) is 4.12. The molecule has 90 valence electrons. The summed E-state index contributed by atoms with van der Waals surface area (Å²) >= 11 is 0. The Kier molecular flexibility index (Phi) is 3.42. The first-order valence-electron chi connectivity index (χ1n) is 5.86. The molecular weight excluding hydrogens is 214 g/mol. The van der Waals surface area contributed by atoms with E-state index in [0.717, 1.165) is 24.4 Å². The van der Waals surface area contributed by atoms with Crippen LogP contribution in [0.5, 0.6) is 0 Å². The molecule has 0 unspecified atom stereocenters. The van der Waals surface area contributed by atoms with Crippen LogP contribution in [-0.4, -0.2) is 19.9 Å². The lowest BCUT2D eigenvalue weighted by molar-refractivity contribution is 0.0988. The highest BCUT2D eigenvalue weighted by molar-refractivity contribution is 5.95. The highest BCUT2D eigenvalue weighted by atomic mass is 16.1. The third-order valence-corrected chi connectivity index (χ3v) is 2.91. The van der Waals surface area contributed by atoms with Crippen molar-refractivity contribution in [3.63, 3.8) is 0 Å². The first kappa shape index (κ1) is 11.6. The lowest BCUT2D eigenvalue weighted by Gasteiger charge is -2.03. The molecule has 4 heteroatoms. The molecule has 0 aliphatic heterocycles. The van der Waals surface area contributed by atoms with Gasteiger partial charge in [0.2, 0.25) is 0 Å². The van der Waals surface area contributed by atoms with Gasteiger partial charge >= 0.3 is 0 Å². The number of ketones is 1. The molecule has 4 nitrogen and oxygen atoms in total. The topological polar surface area (TPSA) is 39.8 Å². The summed E-state index contributed by atoms with van der Waals surface area (Å²) in [5, 5.41) is 0. The SMILES string of the molecule is CCC(=O)c1ccn(CCc2nccn2C)c1. The van der Waals surface area contributed by atoms with E-state index in [4.69, 9.17) is 0 Å². The fourth-order valence-corrected chi connectivity index (χ4v) is 1.82. The first-order chi connectivity index (χ1) is 8.20. The van der Waals surface area contributed by atoms with Crippen LogP contribution in [0.15, 0.2) is 30.9 Å². The zero-order valence-corrected chi connectivity index (χ0v) is 10.3. The maximum atomic E-state index is 11.5. The van der Waals surface area contributed by atoms with Gasteiger partial charge in [0.25, 0.3) is 0 Å². The summed E-state index contributed by atoms with van der Waals surface area (Å²) in [5.41, 5.74) is 0.798. The standard InChI is InChI=1S/C13H17N3O/c1-3-12(17)11-4-7-16(10-11)8-5-13-14-6-9-15(13)2/h4,6-7,9-10H,3,5,8H2,1-2H3. The van der Waals surface area contributed by atoms with Gasteiger partial charge in [0.1, 0.15) is 5.82 Å². The molecule has 0 aliphatic carbocycles. The predicted molar refractivity (Wildman–Crippen MR) is 66.0 cm³/mol. The summed E-state index contributed by atoms with van der Waals surface area (Å²) in [7, 11) is 1.99. The Hall–Kier alpha value is -1.84. The molecule has 2 aromatic rings. The number of aromatic nitrogens is 3. The van der Waals surface area contributed by atoms with Gasteiger partial charge in [-0.05, 0) is 6.07 Å². The van der Waals surface area contributed by atoms with Crippen LogP contribution in [0.4, 0.5) is 0 Å². The van der Waals surface area contributed by atoms with E-state index >= 15 is 0 Å². The van der Waals surface area contributed by atoms with E-state index in [1.165, 1.54) is 0 Å². The minimum atomic E-state index is 0.195. The number of nitrogens with zero attached hydrogens (tertiary/aromatic N) is 3.